The van der Waals surface area contributed by atoms with E-state index >= 15 is 0 Å². The molecule has 2 nitrogen and oxygen atoms in total. The molecule has 1 N–H and O–H groups in total. The summed E-state index contributed by atoms with van der Waals surface area (Å²) in [6, 6.07) is 28.8. The summed E-state index contributed by atoms with van der Waals surface area (Å²) >= 11 is 0. The van der Waals surface area contributed by atoms with E-state index in [9.17, 15) is 0 Å². The molecule has 3 aromatic rings. The van der Waals surface area contributed by atoms with Crippen molar-refractivity contribution < 1.29 is 0 Å². The molecule has 0 saturated carbocycles. The fourth-order valence-corrected chi connectivity index (χ4v) is 2.56. The van der Waals surface area contributed by atoms with E-state index in [1.807, 2.05) is 18.2 Å². The Kier molecular flexibility index (Phi) is 2.37. The summed E-state index contributed by atoms with van der Waals surface area (Å²) in [6.07, 6.45) is 0. The van der Waals surface area contributed by atoms with E-state index in [2.05, 4.69) is 70.9 Å². The summed E-state index contributed by atoms with van der Waals surface area (Å²) in [5.41, 5.74) is 5.41. The number of anilines is 5. The average Bonchev–Trinajstić information content (AvgIpc) is 2.53. The molecule has 3 aromatic carbocycles. The minimum atomic E-state index is 0.954. The van der Waals surface area contributed by atoms with Gasteiger partial charge in [0.25, 0.3) is 0 Å². The van der Waals surface area contributed by atoms with Gasteiger partial charge >= 0.3 is 0 Å². The van der Waals surface area contributed by atoms with Crippen molar-refractivity contribution in [1.29, 1.82) is 0 Å². The number of hydrogen-bond donors (Lipinski definition) is 1. The Morgan fingerprint density at radius 1 is 0.800 bits per heavy atom. The van der Waals surface area contributed by atoms with Crippen molar-refractivity contribution in [3.8, 4) is 0 Å². The summed E-state index contributed by atoms with van der Waals surface area (Å²) in [5.74, 6) is 0. The van der Waals surface area contributed by atoms with Crippen molar-refractivity contribution in [3.63, 3.8) is 0 Å². The lowest BCUT2D eigenvalue weighted by Crippen LogP contribution is -2.17. The molecule has 20 heavy (non-hydrogen) atoms. The highest BCUT2D eigenvalue weighted by Crippen LogP contribution is 2.46. The second-order valence-electron chi connectivity index (χ2n) is 4.68. The molecule has 0 amide bonds. The van der Waals surface area contributed by atoms with E-state index in [4.69, 9.17) is 0 Å². The molecule has 1 aliphatic rings. The van der Waals surface area contributed by atoms with Crippen LogP contribution in [0.1, 0.15) is 0 Å². The van der Waals surface area contributed by atoms with Crippen LogP contribution in [0.15, 0.2) is 66.7 Å². The Labute approximate surface area is 118 Å². The van der Waals surface area contributed by atoms with E-state index in [1.165, 1.54) is 0 Å². The first kappa shape index (κ1) is 11.0. The summed E-state index contributed by atoms with van der Waals surface area (Å²) in [4.78, 5) is 2.24. The fourth-order valence-electron chi connectivity index (χ4n) is 2.56. The van der Waals surface area contributed by atoms with Crippen molar-refractivity contribution in [2.24, 2.45) is 0 Å². The SMILES string of the molecule is c1ccc2c(c#1)Nc1ccccc1N2c1ccccc1. The van der Waals surface area contributed by atoms with Crippen LogP contribution < -0.4 is 10.2 Å². The molecule has 0 radical (unpaired) electrons. The monoisotopic (exact) mass is 256 g/mol. The van der Waals surface area contributed by atoms with Crippen LogP contribution in [0.3, 0.4) is 0 Å². The number of para-hydroxylation sites is 3. The van der Waals surface area contributed by atoms with Crippen LogP contribution >= 0.6 is 0 Å². The normalized spacial score (nSPS) is 11.9. The van der Waals surface area contributed by atoms with Crippen molar-refractivity contribution in [2.75, 3.05) is 10.2 Å². The highest BCUT2D eigenvalue weighted by atomic mass is 15.2. The molecular formula is C18H12N2. The van der Waals surface area contributed by atoms with Crippen LogP contribution in [-0.2, 0) is 0 Å². The smallest absolute Gasteiger partial charge is 0.115 e. The lowest BCUT2D eigenvalue weighted by Gasteiger charge is -2.32. The van der Waals surface area contributed by atoms with Crippen molar-refractivity contribution in [2.45, 2.75) is 0 Å². The maximum Gasteiger partial charge on any atom is 0.115 e. The molecule has 1 heterocycles. The molecular weight excluding hydrogens is 244 g/mol. The minimum Gasteiger partial charge on any atom is -0.345 e. The van der Waals surface area contributed by atoms with Gasteiger partial charge in [-0.25, -0.2) is 0 Å². The maximum atomic E-state index is 3.41. The van der Waals surface area contributed by atoms with E-state index < -0.39 is 0 Å². The highest BCUT2D eigenvalue weighted by Gasteiger charge is 2.22. The average molecular weight is 256 g/mol. The van der Waals surface area contributed by atoms with Gasteiger partial charge in [-0.3, -0.25) is 0 Å². The topological polar surface area (TPSA) is 15.3 Å². The maximum absolute atomic E-state index is 3.41. The molecule has 94 valence electrons. The lowest BCUT2D eigenvalue weighted by atomic mass is 10.1. The molecule has 0 unspecified atom stereocenters. The van der Waals surface area contributed by atoms with Gasteiger partial charge in [-0.15, -0.1) is 0 Å². The molecule has 0 fully saturated rings. The van der Waals surface area contributed by atoms with Gasteiger partial charge in [0.15, 0.2) is 0 Å². The zero-order chi connectivity index (χ0) is 13.4. The number of benzene rings is 2. The molecule has 0 bridgehead atoms. The van der Waals surface area contributed by atoms with Crippen LogP contribution in [0.2, 0.25) is 0 Å². The molecule has 0 atom stereocenters. The lowest BCUT2D eigenvalue weighted by molar-refractivity contribution is 1.25. The third-order valence-electron chi connectivity index (χ3n) is 3.44. The first-order valence-electron chi connectivity index (χ1n) is 6.57. The first-order valence-corrected chi connectivity index (χ1v) is 6.57. The van der Waals surface area contributed by atoms with Gasteiger partial charge in [0.2, 0.25) is 0 Å². The highest BCUT2D eigenvalue weighted by molar-refractivity contribution is 5.95. The Bertz CT molecular complexity index is 705. The molecule has 0 spiro atoms. The molecule has 0 saturated heterocycles. The predicted molar refractivity (Wildman–Crippen MR) is 82.1 cm³/mol. The zero-order valence-electron chi connectivity index (χ0n) is 10.8. The van der Waals surface area contributed by atoms with Gasteiger partial charge in [-0.05, 0) is 42.5 Å². The van der Waals surface area contributed by atoms with Gasteiger partial charge in [-0.1, -0.05) is 36.4 Å². The third-order valence-corrected chi connectivity index (χ3v) is 3.44. The predicted octanol–water partition coefficient (Wildman–Crippen LogP) is 4.81. The third kappa shape index (κ3) is 1.61. The minimum absolute atomic E-state index is 0.954. The van der Waals surface area contributed by atoms with Gasteiger partial charge in [0, 0.05) is 5.69 Å². The second kappa shape index (κ2) is 4.32. The summed E-state index contributed by atoms with van der Waals surface area (Å²) in [5, 5.41) is 3.41. The first-order chi connectivity index (χ1) is 9.93. The fraction of sp³-hybridized carbons (Fsp3) is 0. The van der Waals surface area contributed by atoms with E-state index in [0.29, 0.717) is 0 Å². The Balaban J connectivity index is 1.98. The summed E-state index contributed by atoms with van der Waals surface area (Å²) in [7, 11) is 0. The standard InChI is InChI=1S/C18H12N2/c1-2-8-14(9-3-1)20-17-12-6-4-10-15(17)19-16-11-5-7-13-18(16)20/h1-4,6-10,12-13,19H. The van der Waals surface area contributed by atoms with Crippen LogP contribution in [0.25, 0.3) is 0 Å². The van der Waals surface area contributed by atoms with Gasteiger partial charge in [0.05, 0.1) is 17.1 Å². The number of nitrogens with zero attached hydrogens (tertiary/aromatic N) is 1. The molecule has 0 aliphatic carbocycles. The van der Waals surface area contributed by atoms with Crippen LogP contribution in [0.5, 0.6) is 0 Å². The van der Waals surface area contributed by atoms with Crippen LogP contribution in [-0.4, -0.2) is 0 Å². The number of nitrogens with one attached hydrogen (secondary N) is 1. The number of fused-ring (bicyclic) bond motifs is 2. The number of rotatable bonds is 1. The summed E-state index contributed by atoms with van der Waals surface area (Å²) in [6.45, 7) is 0. The van der Waals surface area contributed by atoms with Crippen LogP contribution in [0, 0.1) is 12.1 Å². The zero-order valence-corrected chi connectivity index (χ0v) is 10.8. The van der Waals surface area contributed by atoms with Gasteiger partial charge < -0.3 is 10.2 Å². The molecule has 4 rings (SSSR count). The largest absolute Gasteiger partial charge is 0.345 e. The molecule has 2 heteroatoms. The van der Waals surface area contributed by atoms with E-state index in [-0.39, 0.29) is 0 Å². The van der Waals surface area contributed by atoms with Crippen molar-refractivity contribution >= 4 is 28.4 Å². The Hall–Kier alpha value is -2.92. The van der Waals surface area contributed by atoms with E-state index in [0.717, 1.165) is 28.4 Å². The van der Waals surface area contributed by atoms with Crippen molar-refractivity contribution in [3.05, 3.63) is 78.9 Å². The quantitative estimate of drug-likeness (QED) is 0.525. The van der Waals surface area contributed by atoms with Crippen molar-refractivity contribution in [1.82, 2.24) is 0 Å². The Morgan fingerprint density at radius 2 is 1.60 bits per heavy atom. The molecule has 1 aliphatic heterocycles. The Morgan fingerprint density at radius 3 is 2.50 bits per heavy atom. The van der Waals surface area contributed by atoms with Gasteiger partial charge in [-0.2, -0.15) is 0 Å². The number of hydrogen-bond acceptors (Lipinski definition) is 2. The van der Waals surface area contributed by atoms with Crippen LogP contribution in [0.4, 0.5) is 28.4 Å². The molecule has 0 aromatic heterocycles. The van der Waals surface area contributed by atoms with E-state index in [1.54, 1.807) is 0 Å². The van der Waals surface area contributed by atoms with Gasteiger partial charge in [0.1, 0.15) is 5.69 Å². The second-order valence-corrected chi connectivity index (χ2v) is 4.68. The summed E-state index contributed by atoms with van der Waals surface area (Å²) < 4.78 is 0.